The van der Waals surface area contributed by atoms with Crippen LogP contribution in [0.5, 0.6) is 5.75 Å². The summed E-state index contributed by atoms with van der Waals surface area (Å²) in [6, 6.07) is 17.0. The Morgan fingerprint density at radius 2 is 1.64 bits per heavy atom. The van der Waals surface area contributed by atoms with Crippen LogP contribution in [0.3, 0.4) is 0 Å². The summed E-state index contributed by atoms with van der Waals surface area (Å²) in [7, 11) is 0. The molecule has 2 nitrogen and oxygen atoms in total. The van der Waals surface area contributed by atoms with Crippen molar-refractivity contribution < 1.29 is 9.53 Å². The lowest BCUT2D eigenvalue weighted by Crippen LogP contribution is -2.43. The van der Waals surface area contributed by atoms with Gasteiger partial charge in [-0.3, -0.25) is 4.79 Å². The number of carbonyl (C=O) groups is 1. The first kappa shape index (κ1) is 25.3. The predicted octanol–water partition coefficient (Wildman–Crippen LogP) is 8.60. The number of ketones is 1. The van der Waals surface area contributed by atoms with Crippen molar-refractivity contribution in [1.82, 2.24) is 0 Å². The average molecular weight is 447 g/mol. The molecule has 1 aliphatic rings. The van der Waals surface area contributed by atoms with Crippen molar-refractivity contribution in [3.63, 3.8) is 0 Å². The Balaban J connectivity index is 1.61. The maximum Gasteiger partial charge on any atom is 0.146 e. The van der Waals surface area contributed by atoms with Crippen LogP contribution in [-0.4, -0.2) is 12.4 Å². The predicted molar refractivity (Wildman–Crippen MR) is 140 cm³/mol. The number of hydrogen-bond donors (Lipinski definition) is 0. The third kappa shape index (κ3) is 6.37. The second-order valence-corrected chi connectivity index (χ2v) is 10.4. The molecule has 3 rings (SSSR count). The van der Waals surface area contributed by atoms with Gasteiger partial charge in [-0.25, -0.2) is 0 Å². The van der Waals surface area contributed by atoms with Gasteiger partial charge in [0.15, 0.2) is 0 Å². The third-order valence-corrected chi connectivity index (χ3v) is 7.73. The van der Waals surface area contributed by atoms with Crippen molar-refractivity contribution in [3.8, 4) is 16.9 Å². The summed E-state index contributed by atoms with van der Waals surface area (Å²) in [4.78, 5) is 13.2. The molecule has 1 fully saturated rings. The van der Waals surface area contributed by atoms with Crippen LogP contribution in [0.2, 0.25) is 0 Å². The standard InChI is InChI=1S/C31H42O2/c1-6-7-8-9-22-33-28-17-15-27(16-18-28)26-13-10-25(11-14-26)12-19-29-24(4)20-21-31(5,23(2)3)30(29)32/h10-19,23-24,29H,6-9,20-22H2,1-5H3/b19-12+/t24-,29?,31-/m1/s1. The largest absolute Gasteiger partial charge is 0.494 e. The summed E-state index contributed by atoms with van der Waals surface area (Å²) in [5, 5.41) is 0. The zero-order chi connectivity index (χ0) is 23.8. The van der Waals surface area contributed by atoms with Gasteiger partial charge in [-0.05, 0) is 59.9 Å². The first-order valence-electron chi connectivity index (χ1n) is 12.9. The summed E-state index contributed by atoms with van der Waals surface area (Å²) in [5.74, 6) is 2.16. The van der Waals surface area contributed by atoms with E-state index in [1.165, 1.54) is 30.4 Å². The van der Waals surface area contributed by atoms with Gasteiger partial charge in [-0.15, -0.1) is 0 Å². The minimum Gasteiger partial charge on any atom is -0.494 e. The molecular formula is C31H42O2. The second kappa shape index (κ2) is 11.7. The van der Waals surface area contributed by atoms with E-state index in [2.05, 4.69) is 95.3 Å². The van der Waals surface area contributed by atoms with Gasteiger partial charge in [-0.2, -0.15) is 0 Å². The molecule has 0 radical (unpaired) electrons. The highest BCUT2D eigenvalue weighted by molar-refractivity contribution is 5.90. The van der Waals surface area contributed by atoms with Crippen molar-refractivity contribution in [2.24, 2.45) is 23.2 Å². The highest BCUT2D eigenvalue weighted by atomic mass is 16.5. The van der Waals surface area contributed by atoms with E-state index in [4.69, 9.17) is 4.74 Å². The van der Waals surface area contributed by atoms with Crippen LogP contribution in [0.4, 0.5) is 0 Å². The lowest BCUT2D eigenvalue weighted by Gasteiger charge is -2.41. The van der Waals surface area contributed by atoms with E-state index in [1.807, 2.05) is 0 Å². The van der Waals surface area contributed by atoms with Crippen LogP contribution < -0.4 is 4.74 Å². The molecule has 1 saturated carbocycles. The number of unbranched alkanes of at least 4 members (excludes halogenated alkanes) is 3. The van der Waals surface area contributed by atoms with Gasteiger partial charge in [0, 0.05) is 11.3 Å². The Morgan fingerprint density at radius 1 is 1.00 bits per heavy atom. The van der Waals surface area contributed by atoms with Gasteiger partial charge < -0.3 is 4.74 Å². The Kier molecular flexibility index (Phi) is 8.95. The van der Waals surface area contributed by atoms with Crippen molar-refractivity contribution in [2.75, 3.05) is 6.61 Å². The molecule has 3 atom stereocenters. The number of benzene rings is 2. The molecule has 178 valence electrons. The molecule has 2 heteroatoms. The van der Waals surface area contributed by atoms with Crippen LogP contribution in [0.25, 0.3) is 17.2 Å². The molecule has 0 spiro atoms. The highest BCUT2D eigenvalue weighted by Crippen LogP contribution is 2.44. The van der Waals surface area contributed by atoms with E-state index in [9.17, 15) is 4.79 Å². The molecule has 0 saturated heterocycles. The summed E-state index contributed by atoms with van der Waals surface area (Å²) < 4.78 is 5.86. The number of rotatable bonds is 10. The highest BCUT2D eigenvalue weighted by Gasteiger charge is 2.44. The van der Waals surface area contributed by atoms with E-state index in [0.717, 1.165) is 37.2 Å². The van der Waals surface area contributed by atoms with Gasteiger partial charge in [0.2, 0.25) is 0 Å². The molecule has 0 heterocycles. The lowest BCUT2D eigenvalue weighted by molar-refractivity contribution is -0.138. The first-order valence-corrected chi connectivity index (χ1v) is 12.9. The normalized spacial score (nSPS) is 23.4. The van der Waals surface area contributed by atoms with E-state index in [0.29, 0.717) is 17.6 Å². The minimum atomic E-state index is -0.198. The monoisotopic (exact) mass is 446 g/mol. The molecule has 0 aliphatic heterocycles. The SMILES string of the molecule is CCCCCCOc1ccc(-c2ccc(/C=C/C3C(=O)[C@@](C)(C(C)C)CC[C@H]3C)cc2)cc1. The Labute approximate surface area is 201 Å². The number of carbonyl (C=O) groups excluding carboxylic acids is 1. The molecule has 1 aliphatic carbocycles. The third-order valence-electron chi connectivity index (χ3n) is 7.73. The minimum absolute atomic E-state index is 0.0142. The molecule has 33 heavy (non-hydrogen) atoms. The van der Waals surface area contributed by atoms with E-state index >= 15 is 0 Å². The summed E-state index contributed by atoms with van der Waals surface area (Å²) in [6.45, 7) is 11.7. The smallest absolute Gasteiger partial charge is 0.146 e. The van der Waals surface area contributed by atoms with Crippen LogP contribution >= 0.6 is 0 Å². The summed E-state index contributed by atoms with van der Waals surface area (Å²) >= 11 is 0. The molecular weight excluding hydrogens is 404 g/mol. The Hall–Kier alpha value is -2.35. The van der Waals surface area contributed by atoms with Gasteiger partial charge >= 0.3 is 0 Å². The van der Waals surface area contributed by atoms with Crippen molar-refractivity contribution >= 4 is 11.9 Å². The van der Waals surface area contributed by atoms with E-state index in [1.54, 1.807) is 0 Å². The first-order chi connectivity index (χ1) is 15.8. The topological polar surface area (TPSA) is 26.3 Å². The van der Waals surface area contributed by atoms with Crippen molar-refractivity contribution in [2.45, 2.75) is 73.1 Å². The van der Waals surface area contributed by atoms with Gasteiger partial charge in [0.1, 0.15) is 11.5 Å². The number of ether oxygens (including phenoxy) is 1. The fraction of sp³-hybridized carbons (Fsp3) is 0.516. The van der Waals surface area contributed by atoms with Crippen LogP contribution in [0.15, 0.2) is 54.6 Å². The molecule has 0 bridgehead atoms. The Morgan fingerprint density at radius 3 is 2.24 bits per heavy atom. The number of Topliss-reactive ketones (excluding diaryl/α,β-unsaturated/α-hetero) is 1. The quantitative estimate of drug-likeness (QED) is 0.341. The van der Waals surface area contributed by atoms with Gasteiger partial charge in [0.25, 0.3) is 0 Å². The zero-order valence-electron chi connectivity index (χ0n) is 21.3. The van der Waals surface area contributed by atoms with Crippen molar-refractivity contribution in [3.05, 3.63) is 60.2 Å². The molecule has 2 aromatic rings. The zero-order valence-corrected chi connectivity index (χ0v) is 21.3. The average Bonchev–Trinajstić information content (AvgIpc) is 2.82. The maximum atomic E-state index is 13.2. The molecule has 0 aromatic heterocycles. The lowest BCUT2D eigenvalue weighted by atomic mass is 9.61. The van der Waals surface area contributed by atoms with E-state index < -0.39 is 0 Å². The van der Waals surface area contributed by atoms with Gasteiger partial charge in [0.05, 0.1) is 6.61 Å². The second-order valence-electron chi connectivity index (χ2n) is 10.4. The maximum absolute atomic E-state index is 13.2. The fourth-order valence-electron chi connectivity index (χ4n) is 4.78. The number of allylic oxidation sites excluding steroid dienone is 1. The van der Waals surface area contributed by atoms with Crippen LogP contribution in [0, 0.1) is 23.2 Å². The van der Waals surface area contributed by atoms with Gasteiger partial charge in [-0.1, -0.05) is 102 Å². The molecule has 0 N–H and O–H groups in total. The Bertz CT molecular complexity index is 907. The molecule has 0 amide bonds. The number of hydrogen-bond acceptors (Lipinski definition) is 2. The van der Waals surface area contributed by atoms with Crippen LogP contribution in [0.1, 0.15) is 78.7 Å². The molecule has 1 unspecified atom stereocenters. The van der Waals surface area contributed by atoms with Crippen molar-refractivity contribution in [1.29, 1.82) is 0 Å². The van der Waals surface area contributed by atoms with Crippen LogP contribution in [-0.2, 0) is 4.79 Å². The molecule has 2 aromatic carbocycles. The fourth-order valence-corrected chi connectivity index (χ4v) is 4.78. The summed E-state index contributed by atoms with van der Waals surface area (Å²) in [5.41, 5.74) is 3.32. The summed E-state index contributed by atoms with van der Waals surface area (Å²) in [6.07, 6.45) is 11.3. The van der Waals surface area contributed by atoms with E-state index in [-0.39, 0.29) is 11.3 Å².